The molecule has 0 saturated heterocycles. The third-order valence-electron chi connectivity index (χ3n) is 4.19. The lowest BCUT2D eigenvalue weighted by molar-refractivity contribution is 0.101. The van der Waals surface area contributed by atoms with Crippen molar-refractivity contribution in [3.8, 4) is 5.82 Å². The van der Waals surface area contributed by atoms with Crippen LogP contribution in [0.5, 0.6) is 0 Å². The number of rotatable bonds is 5. The fourth-order valence-electron chi connectivity index (χ4n) is 2.89. The summed E-state index contributed by atoms with van der Waals surface area (Å²) in [5, 5.41) is 20.6. The molecule has 0 bridgehead atoms. The number of benzene rings is 1. The van der Waals surface area contributed by atoms with Crippen molar-refractivity contribution in [2.24, 2.45) is 0 Å². The van der Waals surface area contributed by atoms with E-state index in [2.05, 4.69) is 20.6 Å². The monoisotopic (exact) mass is 365 g/mol. The summed E-state index contributed by atoms with van der Waals surface area (Å²) in [7, 11) is 0.546. The number of fused-ring (bicyclic) bond motifs is 1. The quantitative estimate of drug-likeness (QED) is 0.625. The molecule has 0 fully saturated rings. The van der Waals surface area contributed by atoms with Crippen LogP contribution in [0.25, 0.3) is 5.82 Å². The van der Waals surface area contributed by atoms with Crippen LogP contribution in [0.15, 0.2) is 42.6 Å². The van der Waals surface area contributed by atoms with Gasteiger partial charge in [0.15, 0.2) is 11.5 Å². The lowest BCUT2D eigenvalue weighted by Crippen LogP contribution is -2.28. The van der Waals surface area contributed by atoms with Crippen molar-refractivity contribution in [3.63, 3.8) is 0 Å². The van der Waals surface area contributed by atoms with E-state index in [1.54, 1.807) is 30.5 Å². The topological polar surface area (TPSA) is 111 Å². The number of pyridine rings is 1. The van der Waals surface area contributed by atoms with E-state index in [1.165, 1.54) is 11.8 Å². The van der Waals surface area contributed by atoms with E-state index in [-0.39, 0.29) is 12.3 Å². The van der Waals surface area contributed by atoms with Gasteiger partial charge in [0.25, 0.3) is 5.91 Å². The Labute approximate surface area is 155 Å². The van der Waals surface area contributed by atoms with Gasteiger partial charge in [-0.05, 0) is 35.3 Å². The van der Waals surface area contributed by atoms with Gasteiger partial charge in [-0.1, -0.05) is 17.3 Å². The largest absolute Gasteiger partial charge is 0.491 e. The van der Waals surface area contributed by atoms with Crippen LogP contribution in [0.2, 0.25) is 0 Å². The highest BCUT2D eigenvalue weighted by atomic mass is 16.5. The molecule has 1 aromatic carbocycles. The van der Waals surface area contributed by atoms with Gasteiger partial charge in [-0.2, -0.15) is 4.68 Å². The Morgan fingerprint density at radius 3 is 3.07 bits per heavy atom. The van der Waals surface area contributed by atoms with Gasteiger partial charge in [0.1, 0.15) is 5.69 Å². The number of hydrogen-bond donors (Lipinski definition) is 2. The average Bonchev–Trinajstić information content (AvgIpc) is 3.27. The van der Waals surface area contributed by atoms with Crippen molar-refractivity contribution in [2.45, 2.75) is 13.2 Å². The molecule has 0 saturated carbocycles. The van der Waals surface area contributed by atoms with Crippen LogP contribution < -0.4 is 10.8 Å². The van der Waals surface area contributed by atoms with Crippen LogP contribution >= 0.6 is 0 Å². The van der Waals surface area contributed by atoms with Gasteiger partial charge in [-0.3, -0.25) is 4.79 Å². The first-order valence-electron chi connectivity index (χ1n) is 8.26. The van der Waals surface area contributed by atoms with Crippen molar-refractivity contribution in [1.29, 1.82) is 0 Å². The number of aromatic nitrogens is 4. The van der Waals surface area contributed by atoms with Gasteiger partial charge in [0.05, 0.1) is 13.2 Å². The molecule has 0 atom stereocenters. The second kappa shape index (κ2) is 7.27. The van der Waals surface area contributed by atoms with Crippen LogP contribution in [-0.4, -0.2) is 45.1 Å². The zero-order valence-electron chi connectivity index (χ0n) is 14.5. The Balaban J connectivity index is 1.62. The number of nitrogens with zero attached hydrogens (tertiary/aromatic N) is 4. The minimum atomic E-state index is -0.981. The Kier molecular flexibility index (Phi) is 4.67. The first-order valence-corrected chi connectivity index (χ1v) is 8.26. The lowest BCUT2D eigenvalue weighted by Gasteiger charge is -2.08. The van der Waals surface area contributed by atoms with Gasteiger partial charge < -0.3 is 19.7 Å². The summed E-state index contributed by atoms with van der Waals surface area (Å²) in [5.74, 6) is 0.103. The molecule has 2 aromatic heterocycles. The van der Waals surface area contributed by atoms with Crippen LogP contribution in [0.3, 0.4) is 0 Å². The van der Waals surface area contributed by atoms with E-state index < -0.39 is 13.0 Å². The molecule has 0 aliphatic carbocycles. The third-order valence-corrected chi connectivity index (χ3v) is 4.19. The predicted octanol–water partition coefficient (Wildman–Crippen LogP) is 0.279. The molecule has 4 rings (SSSR count). The van der Waals surface area contributed by atoms with Gasteiger partial charge >= 0.3 is 7.12 Å². The van der Waals surface area contributed by atoms with E-state index in [0.29, 0.717) is 29.3 Å². The maximum absolute atomic E-state index is 12.7. The molecule has 1 amide bonds. The highest BCUT2D eigenvalue weighted by molar-refractivity contribution is 6.61. The summed E-state index contributed by atoms with van der Waals surface area (Å²) in [6.45, 7) is 0.490. The summed E-state index contributed by atoms with van der Waals surface area (Å²) >= 11 is 0. The fraction of sp³-hybridized carbons (Fsp3) is 0.176. The van der Waals surface area contributed by atoms with Crippen molar-refractivity contribution < 1.29 is 19.2 Å². The highest BCUT2D eigenvalue weighted by Crippen LogP contribution is 2.17. The Bertz CT molecular complexity index is 979. The van der Waals surface area contributed by atoms with E-state index in [4.69, 9.17) is 9.39 Å². The molecule has 1 aliphatic heterocycles. The lowest BCUT2D eigenvalue weighted by atomic mass is 9.79. The average molecular weight is 365 g/mol. The molecule has 3 heterocycles. The predicted molar refractivity (Wildman–Crippen MR) is 96.7 cm³/mol. The molecule has 136 valence electrons. The van der Waals surface area contributed by atoms with Crippen LogP contribution in [0.4, 0.5) is 5.69 Å². The molecule has 1 aliphatic rings. The third kappa shape index (κ3) is 3.33. The summed E-state index contributed by atoms with van der Waals surface area (Å²) in [6, 6.07) is 10.6. The number of nitrogens with one attached hydrogen (secondary N) is 1. The SMILES string of the molecule is COCc1c(C(=O)Nc2ccc3c(c2)B(O)OC3)nnn1-c1ccccn1. The zero-order valence-corrected chi connectivity index (χ0v) is 14.5. The minimum absolute atomic E-state index is 0.139. The molecular weight excluding hydrogens is 349 g/mol. The van der Waals surface area contributed by atoms with Crippen molar-refractivity contribution >= 4 is 24.2 Å². The van der Waals surface area contributed by atoms with Crippen molar-refractivity contribution in [1.82, 2.24) is 20.0 Å². The number of hydrogen-bond acceptors (Lipinski definition) is 7. The van der Waals surface area contributed by atoms with Gasteiger partial charge in [0, 0.05) is 19.0 Å². The van der Waals surface area contributed by atoms with E-state index >= 15 is 0 Å². The standard InChI is InChI=1S/C17H16BN5O4/c1-26-10-14-16(21-22-23(14)15-4-2-3-7-19-15)17(24)20-12-6-5-11-9-27-18(25)13(11)8-12/h2-8,25H,9-10H2,1H3,(H,20,24). The van der Waals surface area contributed by atoms with Gasteiger partial charge in [-0.15, -0.1) is 5.10 Å². The summed E-state index contributed by atoms with van der Waals surface area (Å²) < 4.78 is 11.8. The molecule has 3 aromatic rings. The summed E-state index contributed by atoms with van der Waals surface area (Å²) in [5.41, 5.74) is 2.68. The number of ether oxygens (including phenoxy) is 1. The number of methoxy groups -OCH3 is 1. The zero-order chi connectivity index (χ0) is 18.8. The fourth-order valence-corrected chi connectivity index (χ4v) is 2.89. The van der Waals surface area contributed by atoms with Crippen molar-refractivity contribution in [3.05, 3.63) is 59.5 Å². The molecule has 0 spiro atoms. The molecule has 2 N–H and O–H groups in total. The Hall–Kier alpha value is -3.08. The van der Waals surface area contributed by atoms with Gasteiger partial charge in [-0.25, -0.2) is 4.98 Å². The molecule has 9 nitrogen and oxygen atoms in total. The first kappa shape index (κ1) is 17.3. The molecule has 27 heavy (non-hydrogen) atoms. The number of carbonyl (C=O) groups is 1. The van der Waals surface area contributed by atoms with Crippen LogP contribution in [0.1, 0.15) is 21.7 Å². The highest BCUT2D eigenvalue weighted by Gasteiger charge is 2.28. The van der Waals surface area contributed by atoms with E-state index in [9.17, 15) is 9.82 Å². The van der Waals surface area contributed by atoms with Gasteiger partial charge in [0.2, 0.25) is 0 Å². The Morgan fingerprint density at radius 2 is 2.30 bits per heavy atom. The van der Waals surface area contributed by atoms with Crippen LogP contribution in [-0.2, 0) is 22.6 Å². The summed E-state index contributed by atoms with van der Waals surface area (Å²) in [6.07, 6.45) is 1.63. The molecule has 10 heteroatoms. The first-order chi connectivity index (χ1) is 13.2. The second-order valence-corrected chi connectivity index (χ2v) is 5.95. The maximum Gasteiger partial charge on any atom is 0.491 e. The second-order valence-electron chi connectivity index (χ2n) is 5.95. The maximum atomic E-state index is 12.7. The van der Waals surface area contributed by atoms with E-state index in [0.717, 1.165) is 5.56 Å². The van der Waals surface area contributed by atoms with Crippen molar-refractivity contribution in [2.75, 3.05) is 12.4 Å². The smallest absolute Gasteiger partial charge is 0.423 e. The minimum Gasteiger partial charge on any atom is -0.423 e. The Morgan fingerprint density at radius 1 is 1.41 bits per heavy atom. The summed E-state index contributed by atoms with van der Waals surface area (Å²) in [4.78, 5) is 17.0. The molecular formula is C17H16BN5O4. The van der Waals surface area contributed by atoms with Crippen LogP contribution in [0, 0.1) is 0 Å². The molecule has 0 unspecified atom stereocenters. The number of carbonyl (C=O) groups excluding carboxylic acids is 1. The molecule has 0 radical (unpaired) electrons. The number of anilines is 1. The van der Waals surface area contributed by atoms with E-state index in [1.807, 2.05) is 12.1 Å². The number of amides is 1. The normalized spacial score (nSPS) is 12.9.